The van der Waals surface area contributed by atoms with E-state index in [0.29, 0.717) is 34.1 Å². The molecule has 1 amide bonds. The van der Waals surface area contributed by atoms with Crippen LogP contribution in [0.15, 0.2) is 36.8 Å². The number of aryl methyl sites for hydroxylation is 2. The van der Waals surface area contributed by atoms with Crippen LogP contribution in [0.2, 0.25) is 0 Å². The summed E-state index contributed by atoms with van der Waals surface area (Å²) in [5.74, 6) is -4.43. The Morgan fingerprint density at radius 3 is 2.67 bits per heavy atom. The molecule has 36 heavy (non-hydrogen) atoms. The summed E-state index contributed by atoms with van der Waals surface area (Å²) >= 11 is 0. The van der Waals surface area contributed by atoms with Crippen LogP contribution < -0.4 is 14.9 Å². The number of aromatic nitrogens is 5. The van der Waals surface area contributed by atoms with Gasteiger partial charge in [-0.15, -0.1) is 0 Å². The molecule has 1 saturated carbocycles. The SMILES string of the molecule is Cc1nc2nc(NC(=O)C3CC3(F)F)cc(Nc3ccc(-c4cncn4C)cc3N(C)S(C)=O)c2[nH]1. The lowest BCUT2D eigenvalue weighted by molar-refractivity contribution is -0.119. The number of halogens is 2. The molecule has 5 rings (SSSR count). The highest BCUT2D eigenvalue weighted by atomic mass is 32.2. The molecule has 1 aliphatic carbocycles. The van der Waals surface area contributed by atoms with Crippen LogP contribution in [0.1, 0.15) is 12.2 Å². The molecule has 4 aromatic rings. The second kappa shape index (κ2) is 8.66. The number of H-pyrrole nitrogens is 1. The van der Waals surface area contributed by atoms with Crippen molar-refractivity contribution in [3.63, 3.8) is 0 Å². The van der Waals surface area contributed by atoms with Gasteiger partial charge in [0.25, 0.3) is 5.92 Å². The van der Waals surface area contributed by atoms with Crippen molar-refractivity contribution < 1.29 is 17.8 Å². The molecule has 188 valence electrons. The topological polar surface area (TPSA) is 121 Å². The van der Waals surface area contributed by atoms with Crippen LogP contribution in [0, 0.1) is 12.8 Å². The van der Waals surface area contributed by atoms with Gasteiger partial charge in [0, 0.05) is 38.4 Å². The van der Waals surface area contributed by atoms with Crippen LogP contribution in [0.4, 0.5) is 31.7 Å². The lowest BCUT2D eigenvalue weighted by Crippen LogP contribution is -2.20. The maximum absolute atomic E-state index is 13.4. The number of carbonyl (C=O) groups is 1. The quantitative estimate of drug-likeness (QED) is 0.346. The molecular weight excluding hydrogens is 490 g/mol. The number of rotatable bonds is 7. The minimum absolute atomic E-state index is 0.102. The normalized spacial score (nSPS) is 17.1. The van der Waals surface area contributed by atoms with Crippen LogP contribution in [0.25, 0.3) is 22.4 Å². The van der Waals surface area contributed by atoms with Crippen LogP contribution in [-0.2, 0) is 22.8 Å². The van der Waals surface area contributed by atoms with Crippen molar-refractivity contribution in [2.75, 3.05) is 28.2 Å². The number of pyridine rings is 1. The number of imidazole rings is 2. The number of aromatic amines is 1. The highest BCUT2D eigenvalue weighted by Crippen LogP contribution is 2.49. The van der Waals surface area contributed by atoms with Crippen molar-refractivity contribution in [1.29, 1.82) is 0 Å². The van der Waals surface area contributed by atoms with Crippen molar-refractivity contribution in [2.45, 2.75) is 19.3 Å². The Morgan fingerprint density at radius 2 is 2.03 bits per heavy atom. The molecule has 0 aliphatic heterocycles. The molecule has 3 N–H and O–H groups in total. The van der Waals surface area contributed by atoms with E-state index in [-0.39, 0.29) is 5.82 Å². The zero-order chi connectivity index (χ0) is 25.8. The molecule has 0 radical (unpaired) electrons. The molecule has 2 unspecified atom stereocenters. The Bertz CT molecular complexity index is 1520. The standard InChI is InChI=1S/C23H24F2N8O2S/c1-12-27-20-16(8-19(30-21(20)28-12)31-22(34)14-9-23(14,24)25)29-15-6-5-13(18-10-26-11-32(18)2)7-17(15)33(3)36(4)35/h5-8,10-11,14H,9H2,1-4H3,(H3,27,28,29,30,31,34). The van der Waals surface area contributed by atoms with Gasteiger partial charge in [-0.2, -0.15) is 0 Å². The molecule has 1 aliphatic rings. The summed E-state index contributed by atoms with van der Waals surface area (Å²) < 4.78 is 42.6. The number of fused-ring (bicyclic) bond motifs is 1. The van der Waals surface area contributed by atoms with Gasteiger partial charge in [0.1, 0.15) is 34.1 Å². The largest absolute Gasteiger partial charge is 0.352 e. The summed E-state index contributed by atoms with van der Waals surface area (Å²) in [6.07, 6.45) is 4.54. The monoisotopic (exact) mass is 514 g/mol. The average Bonchev–Trinajstić information content (AvgIpc) is 3.09. The molecule has 1 aromatic carbocycles. The average molecular weight is 515 g/mol. The molecule has 3 aromatic heterocycles. The minimum atomic E-state index is -2.98. The number of nitrogens with zero attached hydrogens (tertiary/aromatic N) is 5. The van der Waals surface area contributed by atoms with E-state index in [4.69, 9.17) is 0 Å². The second-order valence-electron chi connectivity index (χ2n) is 8.75. The predicted octanol–water partition coefficient (Wildman–Crippen LogP) is 3.73. The van der Waals surface area contributed by atoms with E-state index in [1.54, 1.807) is 43.1 Å². The third-order valence-electron chi connectivity index (χ3n) is 6.08. The van der Waals surface area contributed by atoms with E-state index in [2.05, 4.69) is 30.6 Å². The Balaban J connectivity index is 1.55. The molecule has 10 nitrogen and oxygen atoms in total. The maximum atomic E-state index is 13.4. The van der Waals surface area contributed by atoms with E-state index < -0.39 is 35.2 Å². The summed E-state index contributed by atoms with van der Waals surface area (Å²) in [5.41, 5.74) is 4.45. The second-order valence-corrected chi connectivity index (χ2v) is 10.1. The highest BCUT2D eigenvalue weighted by molar-refractivity contribution is 7.85. The summed E-state index contributed by atoms with van der Waals surface area (Å²) in [7, 11) is 2.28. The van der Waals surface area contributed by atoms with Crippen LogP contribution in [0.5, 0.6) is 0 Å². The predicted molar refractivity (Wildman–Crippen MR) is 135 cm³/mol. The fraction of sp³-hybridized carbons (Fsp3) is 0.304. The third kappa shape index (κ3) is 4.41. The number of anilines is 4. The van der Waals surface area contributed by atoms with Gasteiger partial charge in [0.05, 0.1) is 35.3 Å². The van der Waals surface area contributed by atoms with E-state index in [9.17, 15) is 17.8 Å². The van der Waals surface area contributed by atoms with Crippen molar-refractivity contribution in [3.05, 3.63) is 42.6 Å². The van der Waals surface area contributed by atoms with Crippen LogP contribution in [0.3, 0.4) is 0 Å². The molecular formula is C23H24F2N8O2S. The van der Waals surface area contributed by atoms with Gasteiger partial charge >= 0.3 is 0 Å². The first-order valence-electron chi connectivity index (χ1n) is 11.0. The van der Waals surface area contributed by atoms with Gasteiger partial charge in [-0.05, 0) is 19.1 Å². The number of nitrogens with one attached hydrogen (secondary N) is 3. The van der Waals surface area contributed by atoms with Gasteiger partial charge in [-0.3, -0.25) is 9.10 Å². The first-order chi connectivity index (χ1) is 17.0. The van der Waals surface area contributed by atoms with Gasteiger partial charge in [-0.25, -0.2) is 27.9 Å². The minimum Gasteiger partial charge on any atom is -0.352 e. The summed E-state index contributed by atoms with van der Waals surface area (Å²) in [4.78, 5) is 28.2. The molecule has 3 heterocycles. The number of benzene rings is 1. The number of alkyl halides is 2. The third-order valence-corrected chi connectivity index (χ3v) is 7.05. The van der Waals surface area contributed by atoms with Gasteiger partial charge < -0.3 is 20.2 Å². The fourth-order valence-electron chi connectivity index (χ4n) is 3.95. The van der Waals surface area contributed by atoms with E-state index in [1.165, 1.54) is 0 Å². The highest BCUT2D eigenvalue weighted by Gasteiger charge is 2.61. The number of hydrogen-bond donors (Lipinski definition) is 3. The Morgan fingerprint density at radius 1 is 1.28 bits per heavy atom. The zero-order valence-corrected chi connectivity index (χ0v) is 20.8. The van der Waals surface area contributed by atoms with Crippen LogP contribution in [-0.4, -0.2) is 53.8 Å². The lowest BCUT2D eigenvalue weighted by Gasteiger charge is -2.22. The van der Waals surface area contributed by atoms with E-state index >= 15 is 0 Å². The number of amides is 1. The summed E-state index contributed by atoms with van der Waals surface area (Å²) in [5, 5.41) is 5.80. The smallest absolute Gasteiger partial charge is 0.260 e. The molecule has 2 atom stereocenters. The number of hydrogen-bond acceptors (Lipinski definition) is 6. The lowest BCUT2D eigenvalue weighted by atomic mass is 10.1. The molecule has 13 heteroatoms. The van der Waals surface area contributed by atoms with Crippen molar-refractivity contribution in [3.8, 4) is 11.3 Å². The molecule has 0 saturated heterocycles. The molecule has 0 bridgehead atoms. The van der Waals surface area contributed by atoms with Gasteiger partial charge in [0.15, 0.2) is 5.65 Å². The Kier molecular flexibility index (Phi) is 5.74. The van der Waals surface area contributed by atoms with Crippen molar-refractivity contribution >= 4 is 50.9 Å². The first kappa shape index (κ1) is 23.9. The Hall–Kier alpha value is -3.87. The van der Waals surface area contributed by atoms with Gasteiger partial charge in [-0.1, -0.05) is 6.07 Å². The van der Waals surface area contributed by atoms with Crippen molar-refractivity contribution in [2.24, 2.45) is 13.0 Å². The Labute approximate surface area is 207 Å². The molecule has 1 fully saturated rings. The summed E-state index contributed by atoms with van der Waals surface area (Å²) in [6, 6.07) is 7.21. The van der Waals surface area contributed by atoms with Crippen molar-refractivity contribution in [1.82, 2.24) is 24.5 Å². The van der Waals surface area contributed by atoms with E-state index in [0.717, 1.165) is 11.3 Å². The molecule has 0 spiro atoms. The van der Waals surface area contributed by atoms with E-state index in [1.807, 2.05) is 29.8 Å². The summed E-state index contributed by atoms with van der Waals surface area (Å²) in [6.45, 7) is 1.76. The first-order valence-corrected chi connectivity index (χ1v) is 12.6. The zero-order valence-electron chi connectivity index (χ0n) is 20.0. The van der Waals surface area contributed by atoms with Gasteiger partial charge in [0.2, 0.25) is 5.91 Å². The maximum Gasteiger partial charge on any atom is 0.260 e. The van der Waals surface area contributed by atoms with Crippen LogP contribution >= 0.6 is 0 Å². The number of carbonyl (C=O) groups excluding carboxylic acids is 1. The fourth-order valence-corrected chi connectivity index (χ4v) is 4.38.